The van der Waals surface area contributed by atoms with Crippen LogP contribution in [0.25, 0.3) is 21.8 Å². The van der Waals surface area contributed by atoms with Crippen molar-refractivity contribution in [2.75, 3.05) is 0 Å². The maximum Gasteiger partial charge on any atom is 0.360 e. The highest BCUT2D eigenvalue weighted by Gasteiger charge is 2.43. The van der Waals surface area contributed by atoms with Crippen molar-refractivity contribution in [2.24, 2.45) is 0 Å². The summed E-state index contributed by atoms with van der Waals surface area (Å²) in [5.74, 6) is 0.150. The number of alkyl halides is 2. The fourth-order valence-electron chi connectivity index (χ4n) is 3.23. The molecule has 0 saturated heterocycles. The van der Waals surface area contributed by atoms with Crippen molar-refractivity contribution < 1.29 is 13.9 Å². The van der Waals surface area contributed by atoms with E-state index in [9.17, 15) is 5.11 Å². The lowest BCUT2D eigenvalue weighted by atomic mass is 10.1. The van der Waals surface area contributed by atoms with E-state index in [0.29, 0.717) is 11.0 Å². The topological polar surface area (TPSA) is 38.0 Å². The van der Waals surface area contributed by atoms with Gasteiger partial charge in [-0.05, 0) is 47.5 Å². The standard InChI is InChI=1S/C20H15BrF2N2O/c1-12-24-17-10-14-4-2-3-5-15(14)11-18(17)25(12)20(22,23)19(26)13-6-8-16(21)9-7-13/h2-11,19,26H,1H3. The summed E-state index contributed by atoms with van der Waals surface area (Å²) in [7, 11) is 0. The average molecular weight is 417 g/mol. The van der Waals surface area contributed by atoms with Crippen LogP contribution in [0.1, 0.15) is 17.5 Å². The molecule has 0 amide bonds. The van der Waals surface area contributed by atoms with Gasteiger partial charge in [-0.1, -0.05) is 52.3 Å². The monoisotopic (exact) mass is 416 g/mol. The Hall–Kier alpha value is -2.31. The Bertz CT molecular complexity index is 1110. The SMILES string of the molecule is Cc1nc2cc3ccccc3cc2n1C(F)(F)C(O)c1ccc(Br)cc1. The molecule has 3 nitrogen and oxygen atoms in total. The number of fused-ring (bicyclic) bond motifs is 2. The van der Waals surface area contributed by atoms with Crippen molar-refractivity contribution in [3.05, 3.63) is 76.5 Å². The van der Waals surface area contributed by atoms with Gasteiger partial charge in [0, 0.05) is 4.47 Å². The normalized spacial score (nSPS) is 13.4. The van der Waals surface area contributed by atoms with Gasteiger partial charge in [-0.25, -0.2) is 4.98 Å². The zero-order valence-corrected chi connectivity index (χ0v) is 15.4. The highest BCUT2D eigenvalue weighted by atomic mass is 79.9. The van der Waals surface area contributed by atoms with Gasteiger partial charge in [-0.15, -0.1) is 0 Å². The number of aryl methyl sites for hydroxylation is 1. The number of halogens is 3. The first-order chi connectivity index (χ1) is 12.4. The van der Waals surface area contributed by atoms with E-state index in [0.717, 1.165) is 19.8 Å². The lowest BCUT2D eigenvalue weighted by molar-refractivity contribution is -0.173. The quantitative estimate of drug-likeness (QED) is 0.475. The van der Waals surface area contributed by atoms with E-state index in [1.54, 1.807) is 24.3 Å². The molecule has 0 saturated carbocycles. The number of aliphatic hydroxyl groups excluding tert-OH is 1. The Morgan fingerprint density at radius 2 is 1.65 bits per heavy atom. The third-order valence-electron chi connectivity index (χ3n) is 4.50. The summed E-state index contributed by atoms with van der Waals surface area (Å²) in [6, 6.07) is 13.7. The molecule has 1 atom stereocenters. The van der Waals surface area contributed by atoms with Gasteiger partial charge in [0.15, 0.2) is 6.10 Å². The molecule has 0 spiro atoms. The number of aliphatic hydroxyl groups is 1. The Balaban J connectivity index is 1.89. The minimum atomic E-state index is -3.55. The highest BCUT2D eigenvalue weighted by Crippen LogP contribution is 2.40. The lowest BCUT2D eigenvalue weighted by Gasteiger charge is -2.26. The molecule has 0 aliphatic carbocycles. The molecule has 3 aromatic carbocycles. The number of hydrogen-bond donors (Lipinski definition) is 1. The Morgan fingerprint density at radius 1 is 1.04 bits per heavy atom. The summed E-state index contributed by atoms with van der Waals surface area (Å²) in [5, 5.41) is 12.2. The van der Waals surface area contributed by atoms with Crippen LogP contribution in [-0.2, 0) is 6.05 Å². The highest BCUT2D eigenvalue weighted by molar-refractivity contribution is 9.10. The summed E-state index contributed by atoms with van der Waals surface area (Å²) in [6.07, 6.45) is -1.99. The number of hydrogen-bond acceptors (Lipinski definition) is 2. The van der Waals surface area contributed by atoms with Crippen LogP contribution < -0.4 is 0 Å². The molecule has 4 rings (SSSR count). The van der Waals surface area contributed by atoms with Crippen LogP contribution in [0.15, 0.2) is 65.1 Å². The van der Waals surface area contributed by atoms with Gasteiger partial charge >= 0.3 is 6.05 Å². The van der Waals surface area contributed by atoms with E-state index in [1.807, 2.05) is 24.3 Å². The first-order valence-electron chi connectivity index (χ1n) is 8.07. The number of benzene rings is 3. The molecule has 0 bridgehead atoms. The van der Waals surface area contributed by atoms with Crippen LogP contribution in [0.3, 0.4) is 0 Å². The number of aromatic nitrogens is 2. The van der Waals surface area contributed by atoms with Crippen molar-refractivity contribution in [1.29, 1.82) is 0 Å². The molecule has 1 aromatic heterocycles. The summed E-state index contributed by atoms with van der Waals surface area (Å²) < 4.78 is 32.0. The fraction of sp³-hybridized carbons (Fsp3) is 0.150. The third kappa shape index (κ3) is 2.70. The van der Waals surface area contributed by atoms with Crippen LogP contribution in [0.2, 0.25) is 0 Å². The second-order valence-electron chi connectivity index (χ2n) is 6.22. The van der Waals surface area contributed by atoms with Crippen LogP contribution >= 0.6 is 15.9 Å². The largest absolute Gasteiger partial charge is 0.380 e. The van der Waals surface area contributed by atoms with Gasteiger partial charge in [0.25, 0.3) is 0 Å². The number of nitrogens with zero attached hydrogens (tertiary/aromatic N) is 2. The van der Waals surface area contributed by atoms with Gasteiger partial charge in [-0.3, -0.25) is 4.57 Å². The molecule has 1 unspecified atom stereocenters. The molecule has 0 fully saturated rings. The van der Waals surface area contributed by atoms with Crippen molar-refractivity contribution in [1.82, 2.24) is 9.55 Å². The van der Waals surface area contributed by atoms with E-state index >= 15 is 8.78 Å². The second-order valence-corrected chi connectivity index (χ2v) is 7.14. The van der Waals surface area contributed by atoms with Crippen LogP contribution in [-0.4, -0.2) is 14.7 Å². The summed E-state index contributed by atoms with van der Waals surface area (Å²) >= 11 is 3.27. The van der Waals surface area contributed by atoms with Crippen LogP contribution in [0.5, 0.6) is 0 Å². The van der Waals surface area contributed by atoms with E-state index in [-0.39, 0.29) is 11.4 Å². The molecule has 1 N–H and O–H groups in total. The Kier molecular flexibility index (Phi) is 4.04. The zero-order valence-electron chi connectivity index (χ0n) is 13.8. The van der Waals surface area contributed by atoms with Gasteiger partial charge in [0.1, 0.15) is 5.82 Å². The summed E-state index contributed by atoms with van der Waals surface area (Å²) in [6.45, 7) is 1.52. The zero-order chi connectivity index (χ0) is 18.5. The summed E-state index contributed by atoms with van der Waals surface area (Å²) in [5.41, 5.74) is 0.909. The molecule has 132 valence electrons. The van der Waals surface area contributed by atoms with E-state index in [4.69, 9.17) is 0 Å². The van der Waals surface area contributed by atoms with Crippen LogP contribution in [0.4, 0.5) is 8.78 Å². The van der Waals surface area contributed by atoms with Crippen molar-refractivity contribution in [3.63, 3.8) is 0 Å². The van der Waals surface area contributed by atoms with Crippen molar-refractivity contribution in [3.8, 4) is 0 Å². The average Bonchev–Trinajstić information content (AvgIpc) is 2.95. The number of rotatable bonds is 3. The predicted octanol–water partition coefficient (Wildman–Crippen LogP) is 5.54. The second kappa shape index (κ2) is 6.14. The molecule has 6 heteroatoms. The summed E-state index contributed by atoms with van der Waals surface area (Å²) in [4.78, 5) is 4.28. The molecule has 4 aromatic rings. The Morgan fingerprint density at radius 3 is 2.31 bits per heavy atom. The first kappa shape index (κ1) is 17.1. The molecule has 1 heterocycles. The van der Waals surface area contributed by atoms with Gasteiger partial charge in [0.05, 0.1) is 11.0 Å². The Labute approximate surface area is 157 Å². The molecule has 0 aliphatic rings. The fourth-order valence-corrected chi connectivity index (χ4v) is 3.49. The van der Waals surface area contributed by atoms with E-state index < -0.39 is 12.2 Å². The lowest BCUT2D eigenvalue weighted by Crippen LogP contribution is -2.31. The smallest absolute Gasteiger partial charge is 0.360 e. The van der Waals surface area contributed by atoms with Crippen molar-refractivity contribution >= 4 is 37.7 Å². The predicted molar refractivity (Wildman–Crippen MR) is 101 cm³/mol. The minimum Gasteiger partial charge on any atom is -0.380 e. The third-order valence-corrected chi connectivity index (χ3v) is 5.03. The minimum absolute atomic E-state index is 0.139. The number of imidazole rings is 1. The molecule has 0 aliphatic heterocycles. The molecule has 26 heavy (non-hydrogen) atoms. The van der Waals surface area contributed by atoms with Gasteiger partial charge in [0.2, 0.25) is 0 Å². The van der Waals surface area contributed by atoms with Gasteiger partial charge < -0.3 is 5.11 Å². The van der Waals surface area contributed by atoms with E-state index in [2.05, 4.69) is 20.9 Å². The first-order valence-corrected chi connectivity index (χ1v) is 8.87. The molecular formula is C20H15BrF2N2O. The molecule has 0 radical (unpaired) electrons. The van der Waals surface area contributed by atoms with Crippen molar-refractivity contribution in [2.45, 2.75) is 19.1 Å². The maximum atomic E-state index is 15.2. The van der Waals surface area contributed by atoms with Gasteiger partial charge in [-0.2, -0.15) is 8.78 Å². The maximum absolute atomic E-state index is 15.2. The van der Waals surface area contributed by atoms with Crippen LogP contribution in [0, 0.1) is 6.92 Å². The van der Waals surface area contributed by atoms with E-state index in [1.165, 1.54) is 19.1 Å². The molecular weight excluding hydrogens is 402 g/mol.